The molecule has 0 aliphatic heterocycles. The molecule has 4 heteroatoms. The second kappa shape index (κ2) is 4.90. The third-order valence-corrected chi connectivity index (χ3v) is 2.11. The Kier molecular flexibility index (Phi) is 3.81. The standard InChI is InChI=1S/C11H9ClFNO/c1-7(6-14)2-11(15)8-3-9(12)5-10(13)4-8/h3-5,7H,2H2,1H3. The highest BCUT2D eigenvalue weighted by molar-refractivity contribution is 6.31. The topological polar surface area (TPSA) is 40.9 Å². The monoisotopic (exact) mass is 225 g/mol. The van der Waals surface area contributed by atoms with E-state index in [1.165, 1.54) is 6.07 Å². The molecular formula is C11H9ClFNO. The molecule has 0 saturated carbocycles. The van der Waals surface area contributed by atoms with Crippen LogP contribution in [0.5, 0.6) is 0 Å². The van der Waals surface area contributed by atoms with Crippen LogP contribution in [0.4, 0.5) is 4.39 Å². The van der Waals surface area contributed by atoms with E-state index >= 15 is 0 Å². The Morgan fingerprint density at radius 2 is 2.27 bits per heavy atom. The first-order valence-corrected chi connectivity index (χ1v) is 4.79. The smallest absolute Gasteiger partial charge is 0.164 e. The molecule has 15 heavy (non-hydrogen) atoms. The Bertz CT molecular complexity index is 405. The van der Waals surface area contributed by atoms with E-state index in [2.05, 4.69) is 0 Å². The molecule has 2 nitrogen and oxygen atoms in total. The maximum atomic E-state index is 12.9. The second-order valence-corrected chi connectivity index (χ2v) is 3.75. The van der Waals surface area contributed by atoms with Gasteiger partial charge < -0.3 is 0 Å². The lowest BCUT2D eigenvalue weighted by Crippen LogP contribution is -2.04. The number of rotatable bonds is 3. The van der Waals surface area contributed by atoms with E-state index in [1.54, 1.807) is 6.92 Å². The van der Waals surface area contributed by atoms with Crippen LogP contribution in [0.1, 0.15) is 23.7 Å². The fourth-order valence-corrected chi connectivity index (χ4v) is 1.38. The van der Waals surface area contributed by atoms with Crippen LogP contribution < -0.4 is 0 Å². The summed E-state index contributed by atoms with van der Waals surface area (Å²) in [6.07, 6.45) is 0.0796. The molecule has 0 fully saturated rings. The van der Waals surface area contributed by atoms with Crippen LogP contribution in [0.3, 0.4) is 0 Å². The van der Waals surface area contributed by atoms with E-state index in [0.717, 1.165) is 12.1 Å². The van der Waals surface area contributed by atoms with Gasteiger partial charge in [0.2, 0.25) is 0 Å². The van der Waals surface area contributed by atoms with Gasteiger partial charge in [-0.3, -0.25) is 4.79 Å². The molecule has 0 aliphatic rings. The van der Waals surface area contributed by atoms with Crippen LogP contribution in [-0.4, -0.2) is 5.78 Å². The third kappa shape index (κ3) is 3.34. The van der Waals surface area contributed by atoms with Crippen molar-refractivity contribution in [3.8, 4) is 6.07 Å². The van der Waals surface area contributed by atoms with Crippen LogP contribution in [0.15, 0.2) is 18.2 Å². The number of Topliss-reactive ketones (excluding diaryl/α,β-unsaturated/α-hetero) is 1. The molecule has 0 amide bonds. The van der Waals surface area contributed by atoms with Crippen LogP contribution >= 0.6 is 11.6 Å². The van der Waals surface area contributed by atoms with Gasteiger partial charge in [-0.05, 0) is 25.1 Å². The summed E-state index contributed by atoms with van der Waals surface area (Å²) >= 11 is 5.61. The summed E-state index contributed by atoms with van der Waals surface area (Å²) in [4.78, 5) is 11.5. The highest BCUT2D eigenvalue weighted by Gasteiger charge is 2.12. The Balaban J connectivity index is 2.88. The lowest BCUT2D eigenvalue weighted by atomic mass is 10.0. The van der Waals surface area contributed by atoms with Gasteiger partial charge in [-0.15, -0.1) is 0 Å². The highest BCUT2D eigenvalue weighted by Crippen LogP contribution is 2.17. The number of benzene rings is 1. The Hall–Kier alpha value is -1.40. The second-order valence-electron chi connectivity index (χ2n) is 3.32. The number of hydrogen-bond acceptors (Lipinski definition) is 2. The van der Waals surface area contributed by atoms with Crippen molar-refractivity contribution in [2.24, 2.45) is 5.92 Å². The molecule has 0 radical (unpaired) electrons. The molecule has 1 unspecified atom stereocenters. The lowest BCUT2D eigenvalue weighted by Gasteiger charge is -2.03. The van der Waals surface area contributed by atoms with E-state index in [-0.39, 0.29) is 28.7 Å². The van der Waals surface area contributed by atoms with Gasteiger partial charge in [0.15, 0.2) is 5.78 Å². The quantitative estimate of drug-likeness (QED) is 0.741. The first-order valence-electron chi connectivity index (χ1n) is 4.42. The third-order valence-electron chi connectivity index (χ3n) is 1.90. The average molecular weight is 226 g/mol. The predicted octanol–water partition coefficient (Wildman–Crippen LogP) is 3.21. The minimum Gasteiger partial charge on any atom is -0.294 e. The fraction of sp³-hybridized carbons (Fsp3) is 0.273. The number of nitriles is 1. The highest BCUT2D eigenvalue weighted by atomic mass is 35.5. The summed E-state index contributed by atoms with van der Waals surface area (Å²) in [5.41, 5.74) is 0.210. The molecule has 78 valence electrons. The van der Waals surface area contributed by atoms with Crippen molar-refractivity contribution < 1.29 is 9.18 Å². The van der Waals surface area contributed by atoms with Gasteiger partial charge in [0.05, 0.1) is 12.0 Å². The van der Waals surface area contributed by atoms with Gasteiger partial charge in [0, 0.05) is 17.0 Å². The molecule has 0 N–H and O–H groups in total. The van der Waals surface area contributed by atoms with E-state index in [4.69, 9.17) is 16.9 Å². The number of nitrogens with zero attached hydrogens (tertiary/aromatic N) is 1. The zero-order valence-corrected chi connectivity index (χ0v) is 8.88. The molecule has 0 saturated heterocycles. The SMILES string of the molecule is CC(C#N)CC(=O)c1cc(F)cc(Cl)c1. The van der Waals surface area contributed by atoms with Gasteiger partial charge in [-0.2, -0.15) is 5.26 Å². The fourth-order valence-electron chi connectivity index (χ4n) is 1.16. The van der Waals surface area contributed by atoms with E-state index in [9.17, 15) is 9.18 Å². The number of hydrogen-bond donors (Lipinski definition) is 0. The minimum atomic E-state index is -0.546. The molecule has 1 atom stereocenters. The summed E-state index contributed by atoms with van der Waals surface area (Å²) in [7, 11) is 0. The Morgan fingerprint density at radius 1 is 1.60 bits per heavy atom. The normalized spacial score (nSPS) is 11.9. The number of carbonyl (C=O) groups is 1. The summed E-state index contributed by atoms with van der Waals surface area (Å²) in [6, 6.07) is 5.60. The summed E-state index contributed by atoms with van der Waals surface area (Å²) in [6.45, 7) is 1.64. The van der Waals surface area contributed by atoms with Crippen molar-refractivity contribution in [3.63, 3.8) is 0 Å². The number of ketones is 1. The maximum Gasteiger partial charge on any atom is 0.164 e. The minimum absolute atomic E-state index is 0.0796. The molecule has 1 aromatic rings. The van der Waals surface area contributed by atoms with Crippen molar-refractivity contribution in [2.75, 3.05) is 0 Å². The molecule has 0 heterocycles. The summed E-state index contributed by atoms with van der Waals surface area (Å²) in [5, 5.41) is 8.72. The first kappa shape index (κ1) is 11.7. The van der Waals surface area contributed by atoms with Crippen LogP contribution in [0.25, 0.3) is 0 Å². The number of halogens is 2. The van der Waals surface area contributed by atoms with Crippen LogP contribution in [0, 0.1) is 23.1 Å². The van der Waals surface area contributed by atoms with Gasteiger partial charge in [0.25, 0.3) is 0 Å². The predicted molar refractivity (Wildman–Crippen MR) is 55.1 cm³/mol. The molecule has 0 aliphatic carbocycles. The van der Waals surface area contributed by atoms with E-state index < -0.39 is 5.82 Å². The van der Waals surface area contributed by atoms with Crippen LogP contribution in [0.2, 0.25) is 5.02 Å². The van der Waals surface area contributed by atoms with Crippen molar-refractivity contribution in [2.45, 2.75) is 13.3 Å². The van der Waals surface area contributed by atoms with Gasteiger partial charge in [0.1, 0.15) is 5.82 Å². The van der Waals surface area contributed by atoms with E-state index in [1.807, 2.05) is 6.07 Å². The van der Waals surface area contributed by atoms with Crippen LogP contribution in [-0.2, 0) is 0 Å². The zero-order chi connectivity index (χ0) is 11.4. The van der Waals surface area contributed by atoms with E-state index in [0.29, 0.717) is 0 Å². The van der Waals surface area contributed by atoms with Crippen molar-refractivity contribution >= 4 is 17.4 Å². The summed E-state index contributed by atoms with van der Waals surface area (Å²) < 4.78 is 12.9. The molecule has 1 aromatic carbocycles. The largest absolute Gasteiger partial charge is 0.294 e. The maximum absolute atomic E-state index is 12.9. The lowest BCUT2D eigenvalue weighted by molar-refractivity contribution is 0.0972. The summed E-state index contributed by atoms with van der Waals surface area (Å²) in [5.74, 6) is -1.19. The molecular weight excluding hydrogens is 217 g/mol. The van der Waals surface area contributed by atoms with Crippen molar-refractivity contribution in [1.82, 2.24) is 0 Å². The first-order chi connectivity index (χ1) is 7.02. The van der Waals surface area contributed by atoms with Gasteiger partial charge >= 0.3 is 0 Å². The Labute approximate surface area is 92.3 Å². The van der Waals surface area contributed by atoms with Gasteiger partial charge in [-0.25, -0.2) is 4.39 Å². The molecule has 0 bridgehead atoms. The van der Waals surface area contributed by atoms with Gasteiger partial charge in [-0.1, -0.05) is 11.6 Å². The number of carbonyl (C=O) groups excluding carboxylic acids is 1. The van der Waals surface area contributed by atoms with Crippen molar-refractivity contribution in [1.29, 1.82) is 5.26 Å². The Morgan fingerprint density at radius 3 is 2.80 bits per heavy atom. The molecule has 0 spiro atoms. The zero-order valence-electron chi connectivity index (χ0n) is 8.13. The van der Waals surface area contributed by atoms with Crippen molar-refractivity contribution in [3.05, 3.63) is 34.6 Å². The average Bonchev–Trinajstić information content (AvgIpc) is 2.16. The molecule has 1 rings (SSSR count). The molecule has 0 aromatic heterocycles.